The van der Waals surface area contributed by atoms with Gasteiger partial charge in [-0.3, -0.25) is 0 Å². The molecule has 0 atom stereocenters. The SMILES string of the molecule is CCCCC1CCC(/C=C/C2CCC(CCC=CC=CC#N)CC2)CC1. The highest BCUT2D eigenvalue weighted by Gasteiger charge is 2.21. The van der Waals surface area contributed by atoms with Crippen molar-refractivity contribution in [3.8, 4) is 6.07 Å². The molecule has 26 heavy (non-hydrogen) atoms. The molecule has 144 valence electrons. The minimum absolute atomic E-state index is 0.846. The lowest BCUT2D eigenvalue weighted by Gasteiger charge is -2.28. The Balaban J connectivity index is 1.57. The fourth-order valence-electron chi connectivity index (χ4n) is 4.75. The molecule has 0 aromatic heterocycles. The molecule has 2 saturated carbocycles. The number of hydrogen-bond donors (Lipinski definition) is 0. The third-order valence-electron chi connectivity index (χ3n) is 6.56. The van der Waals surface area contributed by atoms with Gasteiger partial charge in [0.05, 0.1) is 6.07 Å². The van der Waals surface area contributed by atoms with Crippen LogP contribution in [0.1, 0.15) is 90.4 Å². The van der Waals surface area contributed by atoms with Crippen LogP contribution >= 0.6 is 0 Å². The lowest BCUT2D eigenvalue weighted by Crippen LogP contribution is -2.15. The topological polar surface area (TPSA) is 23.8 Å². The Morgan fingerprint density at radius 3 is 1.92 bits per heavy atom. The van der Waals surface area contributed by atoms with Crippen molar-refractivity contribution >= 4 is 0 Å². The number of rotatable bonds is 9. The molecule has 2 aliphatic rings. The molecule has 0 radical (unpaired) electrons. The van der Waals surface area contributed by atoms with Crippen LogP contribution < -0.4 is 0 Å². The number of hydrogen-bond acceptors (Lipinski definition) is 1. The van der Waals surface area contributed by atoms with Crippen molar-refractivity contribution in [2.24, 2.45) is 23.7 Å². The summed E-state index contributed by atoms with van der Waals surface area (Å²) in [5, 5.41) is 8.44. The standard InChI is InChI=1S/C25H39N/c1-2-3-9-22-11-15-24(16-12-22)19-20-25-17-13-23(14-18-25)10-7-5-4-6-8-21-26/h4-6,8,19-20,22-25H,2-3,7,9-18H2,1H3/b5-4?,8-6?,20-19+. The van der Waals surface area contributed by atoms with Gasteiger partial charge in [0, 0.05) is 6.08 Å². The summed E-state index contributed by atoms with van der Waals surface area (Å²) in [6.07, 6.45) is 30.9. The second kappa shape index (κ2) is 13.0. The monoisotopic (exact) mass is 353 g/mol. The van der Waals surface area contributed by atoms with Gasteiger partial charge in [0.25, 0.3) is 0 Å². The first-order valence-electron chi connectivity index (χ1n) is 11.2. The van der Waals surface area contributed by atoms with Gasteiger partial charge in [-0.15, -0.1) is 0 Å². The van der Waals surface area contributed by atoms with Crippen LogP contribution in [0.3, 0.4) is 0 Å². The van der Waals surface area contributed by atoms with Crippen molar-refractivity contribution in [1.29, 1.82) is 5.26 Å². The average molecular weight is 354 g/mol. The van der Waals surface area contributed by atoms with Crippen molar-refractivity contribution in [2.45, 2.75) is 90.4 Å². The summed E-state index contributed by atoms with van der Waals surface area (Å²) in [5.74, 6) is 3.66. The Morgan fingerprint density at radius 2 is 1.38 bits per heavy atom. The van der Waals surface area contributed by atoms with E-state index in [1.54, 1.807) is 0 Å². The van der Waals surface area contributed by atoms with E-state index in [0.717, 1.165) is 30.1 Å². The quantitative estimate of drug-likeness (QED) is 0.236. The summed E-state index contributed by atoms with van der Waals surface area (Å²) in [6.45, 7) is 2.31. The predicted octanol–water partition coefficient (Wildman–Crippen LogP) is 7.76. The summed E-state index contributed by atoms with van der Waals surface area (Å²) in [4.78, 5) is 0. The first-order valence-corrected chi connectivity index (χ1v) is 11.2. The molecule has 0 aliphatic heterocycles. The second-order valence-corrected chi connectivity index (χ2v) is 8.58. The van der Waals surface area contributed by atoms with E-state index in [2.05, 4.69) is 25.2 Å². The largest absolute Gasteiger partial charge is 0.193 e. The summed E-state index contributed by atoms with van der Waals surface area (Å²) < 4.78 is 0. The van der Waals surface area contributed by atoms with Gasteiger partial charge in [-0.2, -0.15) is 5.26 Å². The zero-order valence-electron chi connectivity index (χ0n) is 16.9. The third kappa shape index (κ3) is 8.39. The number of allylic oxidation sites excluding steroid dienone is 6. The lowest BCUT2D eigenvalue weighted by molar-refractivity contribution is 0.283. The molecule has 2 fully saturated rings. The molecule has 0 aromatic carbocycles. The molecule has 0 bridgehead atoms. The van der Waals surface area contributed by atoms with Crippen molar-refractivity contribution < 1.29 is 0 Å². The third-order valence-corrected chi connectivity index (χ3v) is 6.56. The predicted molar refractivity (Wildman–Crippen MR) is 113 cm³/mol. The Morgan fingerprint density at radius 1 is 0.808 bits per heavy atom. The summed E-state index contributed by atoms with van der Waals surface area (Å²) in [6, 6.07) is 2.02. The molecule has 0 unspecified atom stereocenters. The van der Waals surface area contributed by atoms with Crippen molar-refractivity contribution in [1.82, 2.24) is 0 Å². The maximum absolute atomic E-state index is 8.44. The van der Waals surface area contributed by atoms with E-state index < -0.39 is 0 Å². The van der Waals surface area contributed by atoms with E-state index in [1.807, 2.05) is 18.2 Å². The second-order valence-electron chi connectivity index (χ2n) is 8.58. The van der Waals surface area contributed by atoms with E-state index in [1.165, 1.54) is 83.1 Å². The highest BCUT2D eigenvalue weighted by atomic mass is 14.3. The van der Waals surface area contributed by atoms with Crippen LogP contribution in [0.2, 0.25) is 0 Å². The zero-order chi connectivity index (χ0) is 18.5. The van der Waals surface area contributed by atoms with Gasteiger partial charge in [0.15, 0.2) is 0 Å². The molecule has 0 N–H and O–H groups in total. The molecular weight excluding hydrogens is 314 g/mol. The molecule has 0 amide bonds. The van der Waals surface area contributed by atoms with E-state index in [-0.39, 0.29) is 0 Å². The minimum Gasteiger partial charge on any atom is -0.193 e. The van der Waals surface area contributed by atoms with E-state index in [0.29, 0.717) is 0 Å². The first kappa shape index (κ1) is 21.0. The van der Waals surface area contributed by atoms with Gasteiger partial charge >= 0.3 is 0 Å². The summed E-state index contributed by atoms with van der Waals surface area (Å²) in [5.41, 5.74) is 0. The fourth-order valence-corrected chi connectivity index (χ4v) is 4.75. The Hall–Kier alpha value is -1.29. The molecule has 2 rings (SSSR count). The maximum Gasteiger partial charge on any atom is 0.0912 e. The highest BCUT2D eigenvalue weighted by Crippen LogP contribution is 2.35. The fraction of sp³-hybridized carbons (Fsp3) is 0.720. The van der Waals surface area contributed by atoms with Crippen LogP contribution in [0.5, 0.6) is 0 Å². The van der Waals surface area contributed by atoms with Crippen molar-refractivity contribution in [2.75, 3.05) is 0 Å². The first-order chi connectivity index (χ1) is 12.8. The summed E-state index contributed by atoms with van der Waals surface area (Å²) >= 11 is 0. The van der Waals surface area contributed by atoms with Gasteiger partial charge in [0.2, 0.25) is 0 Å². The van der Waals surface area contributed by atoms with Gasteiger partial charge in [0.1, 0.15) is 0 Å². The van der Waals surface area contributed by atoms with Crippen molar-refractivity contribution in [3.63, 3.8) is 0 Å². The van der Waals surface area contributed by atoms with Gasteiger partial charge in [-0.1, -0.05) is 56.6 Å². The van der Waals surface area contributed by atoms with E-state index in [9.17, 15) is 0 Å². The van der Waals surface area contributed by atoms with E-state index in [4.69, 9.17) is 5.26 Å². The minimum atomic E-state index is 0.846. The van der Waals surface area contributed by atoms with Crippen molar-refractivity contribution in [3.05, 3.63) is 36.5 Å². The Labute approximate surface area is 162 Å². The normalized spacial score (nSPS) is 30.3. The molecule has 1 heteroatoms. The number of nitriles is 1. The molecule has 0 saturated heterocycles. The lowest BCUT2D eigenvalue weighted by atomic mass is 9.77. The van der Waals surface area contributed by atoms with Gasteiger partial charge in [-0.05, 0) is 87.9 Å². The number of unbranched alkanes of at least 4 members (excludes halogenated alkanes) is 1. The summed E-state index contributed by atoms with van der Waals surface area (Å²) in [7, 11) is 0. The van der Waals surface area contributed by atoms with Crippen LogP contribution in [0, 0.1) is 35.0 Å². The maximum atomic E-state index is 8.44. The molecular formula is C25H39N. The Bertz CT molecular complexity index is 477. The van der Waals surface area contributed by atoms with Crippen LogP contribution in [0.4, 0.5) is 0 Å². The highest BCUT2D eigenvalue weighted by molar-refractivity contribution is 5.11. The molecule has 0 spiro atoms. The van der Waals surface area contributed by atoms with Gasteiger partial charge < -0.3 is 0 Å². The molecule has 0 heterocycles. The molecule has 1 nitrogen and oxygen atoms in total. The van der Waals surface area contributed by atoms with Crippen LogP contribution in [0.25, 0.3) is 0 Å². The van der Waals surface area contributed by atoms with Gasteiger partial charge in [-0.25, -0.2) is 0 Å². The van der Waals surface area contributed by atoms with Crippen LogP contribution in [-0.4, -0.2) is 0 Å². The molecule has 2 aliphatic carbocycles. The number of nitrogens with zero attached hydrogens (tertiary/aromatic N) is 1. The van der Waals surface area contributed by atoms with E-state index >= 15 is 0 Å². The molecule has 0 aromatic rings. The Kier molecular flexibility index (Phi) is 10.5. The zero-order valence-corrected chi connectivity index (χ0v) is 16.9. The van der Waals surface area contributed by atoms with Crippen LogP contribution in [0.15, 0.2) is 36.5 Å². The average Bonchev–Trinajstić information content (AvgIpc) is 2.69. The smallest absolute Gasteiger partial charge is 0.0912 e. The van der Waals surface area contributed by atoms with Crippen LogP contribution in [-0.2, 0) is 0 Å².